The fourth-order valence-electron chi connectivity index (χ4n) is 4.78. The first-order valence-electron chi connectivity index (χ1n) is 12.0. The van der Waals surface area contributed by atoms with Crippen LogP contribution in [0.2, 0.25) is 0 Å². The summed E-state index contributed by atoms with van der Waals surface area (Å²) in [6.07, 6.45) is 5.34. The van der Waals surface area contributed by atoms with E-state index in [9.17, 15) is 9.18 Å². The number of fused-ring (bicyclic) bond motifs is 1. The zero-order valence-electron chi connectivity index (χ0n) is 19.5. The van der Waals surface area contributed by atoms with E-state index in [1.807, 2.05) is 42.5 Å². The quantitative estimate of drug-likeness (QED) is 0.333. The second-order valence-corrected chi connectivity index (χ2v) is 9.10. The summed E-state index contributed by atoms with van der Waals surface area (Å²) in [5, 5.41) is 12.6. The van der Waals surface area contributed by atoms with Crippen LogP contribution in [-0.2, 0) is 6.54 Å². The molecule has 1 aliphatic carbocycles. The normalized spacial score (nSPS) is 14.0. The minimum absolute atomic E-state index is 0.0843. The molecule has 1 amide bonds. The fourth-order valence-corrected chi connectivity index (χ4v) is 4.78. The van der Waals surface area contributed by atoms with Gasteiger partial charge in [0.05, 0.1) is 41.8 Å². The number of carbonyl (C=O) groups is 1. The molecule has 6 nitrogen and oxygen atoms in total. The molecule has 1 atom stereocenters. The number of hydrogen-bond donors (Lipinski definition) is 1. The van der Waals surface area contributed by atoms with Crippen molar-refractivity contribution >= 4 is 16.8 Å². The molecule has 0 radical (unpaired) electrons. The van der Waals surface area contributed by atoms with E-state index in [0.29, 0.717) is 33.8 Å². The molecule has 178 valence electrons. The van der Waals surface area contributed by atoms with Crippen LogP contribution in [0, 0.1) is 11.7 Å². The van der Waals surface area contributed by atoms with Gasteiger partial charge in [-0.3, -0.25) is 4.79 Å². The van der Waals surface area contributed by atoms with E-state index >= 15 is 0 Å². The van der Waals surface area contributed by atoms with E-state index in [0.717, 1.165) is 23.8 Å². The average Bonchev–Trinajstić information content (AvgIpc) is 3.62. The number of halogens is 1. The number of para-hydroxylation sites is 1. The highest BCUT2D eigenvalue weighted by Crippen LogP contribution is 2.41. The first-order chi connectivity index (χ1) is 17.7. The Hall–Kier alpha value is -4.39. The summed E-state index contributed by atoms with van der Waals surface area (Å²) < 4.78 is 14.3. The monoisotopic (exact) mass is 477 g/mol. The van der Waals surface area contributed by atoms with Crippen molar-refractivity contribution in [3.05, 3.63) is 114 Å². The van der Waals surface area contributed by atoms with Crippen molar-refractivity contribution in [3.8, 4) is 11.3 Å². The molecular weight excluding hydrogens is 453 g/mol. The number of hydrogen-bond acceptors (Lipinski definition) is 4. The van der Waals surface area contributed by atoms with E-state index in [1.165, 1.54) is 16.9 Å². The maximum absolute atomic E-state index is 14.3. The van der Waals surface area contributed by atoms with Crippen LogP contribution in [0.4, 0.5) is 4.39 Å². The van der Waals surface area contributed by atoms with Crippen LogP contribution in [0.15, 0.2) is 91.3 Å². The lowest BCUT2D eigenvalue weighted by Gasteiger charge is -2.22. The summed E-state index contributed by atoms with van der Waals surface area (Å²) in [5.74, 6) is -0.146. The molecule has 2 heterocycles. The minimum atomic E-state index is -0.366. The number of carbonyl (C=O) groups excluding carboxylic acids is 1. The van der Waals surface area contributed by atoms with E-state index in [2.05, 4.69) is 27.6 Å². The molecule has 3 aromatic carbocycles. The number of nitrogens with zero attached hydrogens (tertiary/aromatic N) is 4. The van der Waals surface area contributed by atoms with Crippen molar-refractivity contribution in [2.75, 3.05) is 0 Å². The summed E-state index contributed by atoms with van der Waals surface area (Å²) in [4.78, 5) is 20.5. The van der Waals surface area contributed by atoms with Crippen LogP contribution >= 0.6 is 0 Å². The molecule has 0 aliphatic heterocycles. The molecule has 0 bridgehead atoms. The van der Waals surface area contributed by atoms with Crippen LogP contribution in [0.1, 0.15) is 40.4 Å². The highest BCUT2D eigenvalue weighted by molar-refractivity contribution is 6.09. The Morgan fingerprint density at radius 2 is 1.72 bits per heavy atom. The van der Waals surface area contributed by atoms with Gasteiger partial charge in [0, 0.05) is 16.5 Å². The van der Waals surface area contributed by atoms with Gasteiger partial charge < -0.3 is 5.32 Å². The molecule has 2 aromatic heterocycles. The first-order valence-corrected chi connectivity index (χ1v) is 12.0. The fraction of sp³-hybridized carbons (Fsp3) is 0.172. The van der Waals surface area contributed by atoms with Gasteiger partial charge in [0.25, 0.3) is 5.91 Å². The largest absolute Gasteiger partial charge is 0.345 e. The van der Waals surface area contributed by atoms with Gasteiger partial charge in [0.2, 0.25) is 0 Å². The zero-order chi connectivity index (χ0) is 24.5. The standard InChI is InChI=1S/C29H24FN5O/c30-22-10-6-9-21(17-22)28-24(18-35-31-15-16-32-35)26(23-11-4-5-12-25(23)33-28)29(36)34-27(20-13-14-20)19-7-2-1-3-8-19/h1-12,15-17,20,27H,13-14,18H2,(H,34,36)/t27-/m1/s1. The van der Waals surface area contributed by atoms with Gasteiger partial charge >= 0.3 is 0 Å². The zero-order valence-corrected chi connectivity index (χ0v) is 19.5. The summed E-state index contributed by atoms with van der Waals surface area (Å²) in [7, 11) is 0. The maximum Gasteiger partial charge on any atom is 0.252 e. The van der Waals surface area contributed by atoms with Gasteiger partial charge in [-0.2, -0.15) is 15.0 Å². The Morgan fingerprint density at radius 3 is 2.47 bits per heavy atom. The number of benzene rings is 3. The molecule has 1 saturated carbocycles. The van der Waals surface area contributed by atoms with Crippen LogP contribution < -0.4 is 5.32 Å². The first kappa shape index (κ1) is 22.1. The van der Waals surface area contributed by atoms with Crippen molar-refractivity contribution in [1.29, 1.82) is 0 Å². The van der Waals surface area contributed by atoms with Crippen molar-refractivity contribution in [3.63, 3.8) is 0 Å². The van der Waals surface area contributed by atoms with Gasteiger partial charge in [-0.1, -0.05) is 60.7 Å². The number of rotatable bonds is 7. The van der Waals surface area contributed by atoms with Crippen LogP contribution in [0.25, 0.3) is 22.2 Å². The van der Waals surface area contributed by atoms with E-state index in [1.54, 1.807) is 24.5 Å². The second kappa shape index (κ2) is 9.34. The van der Waals surface area contributed by atoms with Crippen molar-refractivity contribution in [2.45, 2.75) is 25.4 Å². The maximum atomic E-state index is 14.3. The topological polar surface area (TPSA) is 72.7 Å². The van der Waals surface area contributed by atoms with E-state index in [4.69, 9.17) is 4.98 Å². The predicted molar refractivity (Wildman–Crippen MR) is 136 cm³/mol. The van der Waals surface area contributed by atoms with Crippen molar-refractivity contribution < 1.29 is 9.18 Å². The summed E-state index contributed by atoms with van der Waals surface area (Å²) in [5.41, 5.74) is 4.06. The third-order valence-electron chi connectivity index (χ3n) is 6.62. The van der Waals surface area contributed by atoms with Crippen molar-refractivity contribution in [1.82, 2.24) is 25.3 Å². The Bertz CT molecular complexity index is 1530. The smallest absolute Gasteiger partial charge is 0.252 e. The van der Waals surface area contributed by atoms with Crippen LogP contribution in [0.5, 0.6) is 0 Å². The second-order valence-electron chi connectivity index (χ2n) is 9.10. The summed E-state index contributed by atoms with van der Waals surface area (Å²) >= 11 is 0. The molecule has 0 spiro atoms. The SMILES string of the molecule is O=C(N[C@H](c1ccccc1)C1CC1)c1c(Cn2nccn2)c(-c2cccc(F)c2)nc2ccccc12. The molecule has 1 fully saturated rings. The highest BCUT2D eigenvalue weighted by Gasteiger charge is 2.34. The van der Waals surface area contributed by atoms with Crippen molar-refractivity contribution in [2.24, 2.45) is 5.92 Å². The number of amides is 1. The highest BCUT2D eigenvalue weighted by atomic mass is 19.1. The molecule has 5 aromatic rings. The third kappa shape index (κ3) is 4.35. The van der Waals surface area contributed by atoms with E-state index < -0.39 is 0 Å². The molecule has 1 N–H and O–H groups in total. The molecule has 7 heteroatoms. The number of nitrogens with one attached hydrogen (secondary N) is 1. The molecule has 36 heavy (non-hydrogen) atoms. The summed E-state index contributed by atoms with van der Waals surface area (Å²) in [6, 6.07) is 23.9. The molecule has 1 aliphatic rings. The predicted octanol–water partition coefficient (Wildman–Crippen LogP) is 5.56. The lowest BCUT2D eigenvalue weighted by molar-refractivity contribution is 0.0932. The molecule has 0 saturated heterocycles. The Morgan fingerprint density at radius 1 is 0.972 bits per heavy atom. The average molecular weight is 478 g/mol. The van der Waals surface area contributed by atoms with Gasteiger partial charge in [-0.25, -0.2) is 9.37 Å². The van der Waals surface area contributed by atoms with Gasteiger partial charge in [0.15, 0.2) is 0 Å². The minimum Gasteiger partial charge on any atom is -0.345 e. The third-order valence-corrected chi connectivity index (χ3v) is 6.62. The molecule has 6 rings (SSSR count). The Kier molecular flexibility index (Phi) is 5.73. The Labute approximate surface area is 207 Å². The van der Waals surface area contributed by atoms with Gasteiger partial charge in [-0.15, -0.1) is 0 Å². The number of pyridine rings is 1. The van der Waals surface area contributed by atoms with Crippen LogP contribution in [0.3, 0.4) is 0 Å². The lowest BCUT2D eigenvalue weighted by Crippen LogP contribution is -2.31. The van der Waals surface area contributed by atoms with E-state index in [-0.39, 0.29) is 24.3 Å². The number of aromatic nitrogens is 4. The van der Waals surface area contributed by atoms with Crippen LogP contribution in [-0.4, -0.2) is 25.9 Å². The lowest BCUT2D eigenvalue weighted by atomic mass is 9.95. The van der Waals surface area contributed by atoms with Gasteiger partial charge in [-0.05, 0) is 42.5 Å². The molecular formula is C29H24FN5O. The van der Waals surface area contributed by atoms with Gasteiger partial charge in [0.1, 0.15) is 5.82 Å². The summed E-state index contributed by atoms with van der Waals surface area (Å²) in [6.45, 7) is 0.221. The molecule has 0 unspecified atom stereocenters. The Balaban J connectivity index is 1.53.